The lowest BCUT2D eigenvalue weighted by atomic mass is 9.87. The van der Waals surface area contributed by atoms with Gasteiger partial charge in [-0.05, 0) is 36.8 Å². The molecule has 1 aliphatic rings. The number of benzene rings is 1. The minimum Gasteiger partial charge on any atom is -0.468 e. The van der Waals surface area contributed by atoms with E-state index in [9.17, 15) is 9.59 Å². The van der Waals surface area contributed by atoms with E-state index in [2.05, 4.69) is 22.7 Å². The summed E-state index contributed by atoms with van der Waals surface area (Å²) < 4.78 is 4.63. The van der Waals surface area contributed by atoms with Crippen molar-refractivity contribution in [3.63, 3.8) is 0 Å². The van der Waals surface area contributed by atoms with Gasteiger partial charge in [-0.2, -0.15) is 0 Å². The van der Waals surface area contributed by atoms with Crippen LogP contribution in [0.4, 0.5) is 0 Å². The van der Waals surface area contributed by atoms with Gasteiger partial charge in [-0.25, -0.2) is 0 Å². The van der Waals surface area contributed by atoms with E-state index in [4.69, 9.17) is 0 Å². The molecule has 1 aromatic carbocycles. The van der Waals surface area contributed by atoms with Crippen LogP contribution >= 0.6 is 0 Å². The van der Waals surface area contributed by atoms with Gasteiger partial charge in [0.25, 0.3) is 5.91 Å². The van der Waals surface area contributed by atoms with Crippen LogP contribution in [0.1, 0.15) is 35.0 Å². The Morgan fingerprint density at radius 1 is 1.39 bits per heavy atom. The molecule has 1 amide bonds. The molecule has 0 saturated heterocycles. The number of carbonyl (C=O) groups excluding carboxylic acids is 2. The van der Waals surface area contributed by atoms with Crippen molar-refractivity contribution in [1.29, 1.82) is 0 Å². The summed E-state index contributed by atoms with van der Waals surface area (Å²) in [5.74, 6) is 0.0723. The Bertz CT molecular complexity index is 763. The molecule has 0 spiro atoms. The Labute approximate surface area is 135 Å². The minimum atomic E-state index is -0.423. The highest BCUT2D eigenvalue weighted by Gasteiger charge is 2.23. The molecule has 0 aliphatic heterocycles. The van der Waals surface area contributed by atoms with Crippen molar-refractivity contribution in [1.82, 2.24) is 9.88 Å². The molecule has 23 heavy (non-hydrogen) atoms. The largest absolute Gasteiger partial charge is 0.468 e. The molecule has 2 aromatic rings. The van der Waals surface area contributed by atoms with E-state index in [0.717, 1.165) is 23.7 Å². The molecule has 0 radical (unpaired) electrons. The van der Waals surface area contributed by atoms with Gasteiger partial charge in [-0.1, -0.05) is 19.1 Å². The number of H-pyrrole nitrogens is 1. The molecule has 0 fully saturated rings. The number of likely N-dealkylation sites (N-methyl/N-ethyl adjacent to an activating group) is 1. The monoisotopic (exact) mass is 314 g/mol. The van der Waals surface area contributed by atoms with Gasteiger partial charge in [-0.15, -0.1) is 0 Å². The van der Waals surface area contributed by atoms with E-state index in [-0.39, 0.29) is 12.5 Å². The van der Waals surface area contributed by atoms with Crippen molar-refractivity contribution >= 4 is 22.8 Å². The van der Waals surface area contributed by atoms with Gasteiger partial charge in [-0.3, -0.25) is 9.59 Å². The van der Waals surface area contributed by atoms with Crippen molar-refractivity contribution in [3.05, 3.63) is 35.0 Å². The average Bonchev–Trinajstić information content (AvgIpc) is 2.91. The molecule has 1 N–H and O–H groups in total. The first-order valence-electron chi connectivity index (χ1n) is 7.96. The second kappa shape index (κ2) is 6.07. The van der Waals surface area contributed by atoms with Gasteiger partial charge in [0.2, 0.25) is 0 Å². The van der Waals surface area contributed by atoms with Crippen LogP contribution in [0.15, 0.2) is 18.2 Å². The smallest absolute Gasteiger partial charge is 0.325 e. The number of hydrogen-bond donors (Lipinski definition) is 1. The lowest BCUT2D eigenvalue weighted by Gasteiger charge is -2.18. The Morgan fingerprint density at radius 2 is 2.17 bits per heavy atom. The van der Waals surface area contributed by atoms with Crippen LogP contribution in [0.3, 0.4) is 0 Å². The third kappa shape index (κ3) is 2.83. The fourth-order valence-corrected chi connectivity index (χ4v) is 3.33. The molecule has 0 saturated carbocycles. The van der Waals surface area contributed by atoms with E-state index in [1.165, 1.54) is 29.7 Å². The third-order valence-electron chi connectivity index (χ3n) is 4.64. The summed E-state index contributed by atoms with van der Waals surface area (Å²) >= 11 is 0. The number of rotatable bonds is 3. The van der Waals surface area contributed by atoms with Gasteiger partial charge in [0.1, 0.15) is 6.54 Å². The number of para-hydroxylation sites is 1. The maximum atomic E-state index is 12.7. The SMILES string of the molecule is COC(=O)CN(C)C(=O)c1cccc2c3c([nH]c12)CCC(C)C3. The molecule has 1 atom stereocenters. The van der Waals surface area contributed by atoms with Crippen molar-refractivity contribution < 1.29 is 14.3 Å². The highest BCUT2D eigenvalue weighted by atomic mass is 16.5. The molecule has 3 rings (SSSR count). The average molecular weight is 314 g/mol. The number of ether oxygens (including phenoxy) is 1. The number of esters is 1. The maximum absolute atomic E-state index is 12.7. The number of aromatic nitrogens is 1. The second-order valence-corrected chi connectivity index (χ2v) is 6.40. The number of carbonyl (C=O) groups is 2. The summed E-state index contributed by atoms with van der Waals surface area (Å²) in [6, 6.07) is 5.79. The van der Waals surface area contributed by atoms with Crippen LogP contribution in [0.25, 0.3) is 10.9 Å². The van der Waals surface area contributed by atoms with Crippen LogP contribution < -0.4 is 0 Å². The molecule has 1 aromatic heterocycles. The summed E-state index contributed by atoms with van der Waals surface area (Å²) in [5.41, 5.74) is 4.07. The molecule has 5 heteroatoms. The number of aromatic amines is 1. The van der Waals surface area contributed by atoms with Crippen molar-refractivity contribution in [3.8, 4) is 0 Å². The molecular formula is C18H22N2O3. The number of aryl methyl sites for hydroxylation is 1. The van der Waals surface area contributed by atoms with Crippen molar-refractivity contribution in [2.24, 2.45) is 5.92 Å². The van der Waals surface area contributed by atoms with E-state index in [1.807, 2.05) is 12.1 Å². The summed E-state index contributed by atoms with van der Waals surface area (Å²) in [6.07, 6.45) is 3.24. The Morgan fingerprint density at radius 3 is 2.91 bits per heavy atom. The zero-order valence-corrected chi connectivity index (χ0v) is 13.8. The molecule has 0 bridgehead atoms. The first-order valence-corrected chi connectivity index (χ1v) is 7.96. The van der Waals surface area contributed by atoms with E-state index >= 15 is 0 Å². The molecule has 1 heterocycles. The Balaban J connectivity index is 1.99. The summed E-state index contributed by atoms with van der Waals surface area (Å²) in [7, 11) is 2.94. The van der Waals surface area contributed by atoms with Crippen LogP contribution in [0.2, 0.25) is 0 Å². The Kier molecular flexibility index (Phi) is 4.11. The topological polar surface area (TPSA) is 62.4 Å². The van der Waals surface area contributed by atoms with Gasteiger partial charge < -0.3 is 14.6 Å². The number of nitrogens with zero attached hydrogens (tertiary/aromatic N) is 1. The molecule has 122 valence electrons. The predicted octanol–water partition coefficient (Wildman–Crippen LogP) is 2.54. The second-order valence-electron chi connectivity index (χ2n) is 6.40. The highest BCUT2D eigenvalue weighted by Crippen LogP contribution is 2.33. The summed E-state index contributed by atoms with van der Waals surface area (Å²) in [5, 5.41) is 1.13. The molecular weight excluding hydrogens is 292 g/mol. The van der Waals surface area contributed by atoms with Crippen LogP contribution in [0, 0.1) is 5.92 Å². The van der Waals surface area contributed by atoms with E-state index in [1.54, 1.807) is 7.05 Å². The first kappa shape index (κ1) is 15.6. The number of nitrogens with one attached hydrogen (secondary N) is 1. The quantitative estimate of drug-likeness (QED) is 0.886. The number of hydrogen-bond acceptors (Lipinski definition) is 3. The minimum absolute atomic E-state index is 0.0524. The lowest BCUT2D eigenvalue weighted by molar-refractivity contribution is -0.141. The van der Waals surface area contributed by atoms with Gasteiger partial charge in [0.05, 0.1) is 18.2 Å². The van der Waals surface area contributed by atoms with Gasteiger partial charge in [0.15, 0.2) is 0 Å². The van der Waals surface area contributed by atoms with Crippen LogP contribution in [-0.4, -0.2) is 42.5 Å². The predicted molar refractivity (Wildman–Crippen MR) is 88.5 cm³/mol. The van der Waals surface area contributed by atoms with Crippen LogP contribution in [0.5, 0.6) is 0 Å². The normalized spacial score (nSPS) is 16.9. The Hall–Kier alpha value is -2.30. The van der Waals surface area contributed by atoms with E-state index in [0.29, 0.717) is 11.5 Å². The third-order valence-corrected chi connectivity index (χ3v) is 4.64. The summed E-state index contributed by atoms with van der Waals surface area (Å²) in [6.45, 7) is 2.21. The van der Waals surface area contributed by atoms with Crippen molar-refractivity contribution in [2.45, 2.75) is 26.2 Å². The zero-order valence-electron chi connectivity index (χ0n) is 13.8. The summed E-state index contributed by atoms with van der Waals surface area (Å²) in [4.78, 5) is 28.9. The lowest BCUT2D eigenvalue weighted by Crippen LogP contribution is -2.32. The molecule has 5 nitrogen and oxygen atoms in total. The molecule has 1 aliphatic carbocycles. The molecule has 1 unspecified atom stereocenters. The highest BCUT2D eigenvalue weighted by molar-refractivity contribution is 6.07. The van der Waals surface area contributed by atoms with E-state index < -0.39 is 5.97 Å². The fourth-order valence-electron chi connectivity index (χ4n) is 3.33. The van der Waals surface area contributed by atoms with Gasteiger partial charge >= 0.3 is 5.97 Å². The fraction of sp³-hybridized carbons (Fsp3) is 0.444. The van der Waals surface area contributed by atoms with Crippen LogP contribution in [-0.2, 0) is 22.4 Å². The zero-order chi connectivity index (χ0) is 16.6. The standard InChI is InChI=1S/C18H22N2O3/c1-11-7-8-15-14(9-11)12-5-4-6-13(17(12)19-15)18(22)20(2)10-16(21)23-3/h4-6,11,19H,7-10H2,1-3H3. The van der Waals surface area contributed by atoms with Gasteiger partial charge in [0, 0.05) is 18.1 Å². The number of methoxy groups -OCH3 is 1. The number of fused-ring (bicyclic) bond motifs is 3. The van der Waals surface area contributed by atoms with Crippen molar-refractivity contribution in [2.75, 3.05) is 20.7 Å². The maximum Gasteiger partial charge on any atom is 0.325 e. The number of amides is 1. The first-order chi connectivity index (χ1) is 11.0.